The van der Waals surface area contributed by atoms with E-state index in [0.717, 1.165) is 59.0 Å². The SMILES string of the molecule is O=C(CO)N1CCCCC1COc1cccc2ncnc(Nc3ccc4c(ccn4Cc4cscn4)c3)c12. The van der Waals surface area contributed by atoms with Crippen molar-refractivity contribution in [1.82, 2.24) is 24.4 Å². The number of hydrogen-bond donors (Lipinski definition) is 2. The molecule has 0 radical (unpaired) electrons. The Hall–Kier alpha value is -4.02. The van der Waals surface area contributed by atoms with Crippen LogP contribution in [0, 0.1) is 0 Å². The topological polar surface area (TPSA) is 105 Å². The predicted octanol–water partition coefficient (Wildman–Crippen LogP) is 4.59. The van der Waals surface area contributed by atoms with Crippen molar-refractivity contribution in [3.05, 3.63) is 71.6 Å². The quantitative estimate of drug-likeness (QED) is 0.304. The standard InChI is InChI=1S/C28H28N6O3S/c35-14-26(36)34-10-2-1-4-22(34)15-37-25-6-3-5-23-27(25)28(30-17-29-23)32-20-7-8-24-19(12-20)9-11-33(24)13-21-16-38-18-31-21/h3,5-9,11-12,16-18,22,35H,1-2,4,10,13-15H2,(H,29,30,32). The van der Waals surface area contributed by atoms with Crippen molar-refractivity contribution >= 4 is 50.6 Å². The Morgan fingerprint density at radius 3 is 2.97 bits per heavy atom. The van der Waals surface area contributed by atoms with Gasteiger partial charge in [0.05, 0.1) is 34.7 Å². The van der Waals surface area contributed by atoms with Crippen LogP contribution in [0.15, 0.2) is 65.9 Å². The monoisotopic (exact) mass is 528 g/mol. The third-order valence-electron chi connectivity index (χ3n) is 6.99. The average molecular weight is 529 g/mol. The summed E-state index contributed by atoms with van der Waals surface area (Å²) < 4.78 is 8.47. The van der Waals surface area contributed by atoms with E-state index in [1.165, 1.54) is 0 Å². The van der Waals surface area contributed by atoms with Gasteiger partial charge in [-0.05, 0) is 55.7 Å². The number of carbonyl (C=O) groups excluding carboxylic acids is 1. The number of thiazole rings is 1. The maximum absolute atomic E-state index is 12.2. The Balaban J connectivity index is 1.25. The van der Waals surface area contributed by atoms with Crippen molar-refractivity contribution in [1.29, 1.82) is 0 Å². The van der Waals surface area contributed by atoms with Gasteiger partial charge in [-0.15, -0.1) is 11.3 Å². The van der Waals surface area contributed by atoms with Crippen LogP contribution in [0.1, 0.15) is 25.0 Å². The molecule has 2 N–H and O–H groups in total. The number of anilines is 2. The molecule has 0 spiro atoms. The highest BCUT2D eigenvalue weighted by Gasteiger charge is 2.27. The number of fused-ring (bicyclic) bond motifs is 2. The molecule has 1 aliphatic rings. The fraction of sp³-hybridized carbons (Fsp3) is 0.286. The predicted molar refractivity (Wildman–Crippen MR) is 148 cm³/mol. The van der Waals surface area contributed by atoms with Gasteiger partial charge in [0, 0.05) is 34.7 Å². The van der Waals surface area contributed by atoms with Crippen molar-refractivity contribution in [3.63, 3.8) is 0 Å². The molecule has 5 aromatic rings. The second-order valence-corrected chi connectivity index (χ2v) is 10.1. The van der Waals surface area contributed by atoms with Gasteiger partial charge in [0.1, 0.15) is 31.1 Å². The summed E-state index contributed by atoms with van der Waals surface area (Å²) in [5, 5.41) is 16.8. The lowest BCUT2D eigenvalue weighted by Gasteiger charge is -2.35. The summed E-state index contributed by atoms with van der Waals surface area (Å²) in [7, 11) is 0. The average Bonchev–Trinajstić information content (AvgIpc) is 3.62. The first-order valence-corrected chi connectivity index (χ1v) is 13.6. The molecule has 1 saturated heterocycles. The molecule has 9 nitrogen and oxygen atoms in total. The van der Waals surface area contributed by atoms with Crippen LogP contribution in [-0.2, 0) is 11.3 Å². The number of rotatable bonds is 8. The first-order valence-electron chi connectivity index (χ1n) is 12.7. The molecule has 2 aromatic carbocycles. The second kappa shape index (κ2) is 10.8. The van der Waals surface area contributed by atoms with E-state index < -0.39 is 6.61 Å². The highest BCUT2D eigenvalue weighted by Crippen LogP contribution is 2.33. The summed E-state index contributed by atoms with van der Waals surface area (Å²) >= 11 is 1.60. The minimum atomic E-state index is -0.481. The van der Waals surface area contributed by atoms with Crippen LogP contribution < -0.4 is 10.1 Å². The van der Waals surface area contributed by atoms with E-state index in [2.05, 4.69) is 54.6 Å². The smallest absolute Gasteiger partial charge is 0.248 e. The molecular weight excluding hydrogens is 500 g/mol. The molecule has 1 amide bonds. The Labute approximate surface area is 223 Å². The molecular formula is C28H28N6O3S. The van der Waals surface area contributed by atoms with Crippen molar-refractivity contribution in [2.45, 2.75) is 31.8 Å². The van der Waals surface area contributed by atoms with Crippen LogP contribution in [0.3, 0.4) is 0 Å². The molecule has 1 atom stereocenters. The number of ether oxygens (including phenoxy) is 1. The largest absolute Gasteiger partial charge is 0.491 e. The lowest BCUT2D eigenvalue weighted by molar-refractivity contribution is -0.138. The zero-order chi connectivity index (χ0) is 25.9. The van der Waals surface area contributed by atoms with E-state index in [-0.39, 0.29) is 11.9 Å². The zero-order valence-corrected chi connectivity index (χ0v) is 21.6. The van der Waals surface area contributed by atoms with Crippen molar-refractivity contribution in [2.24, 2.45) is 0 Å². The van der Waals surface area contributed by atoms with Gasteiger partial charge < -0.3 is 24.6 Å². The van der Waals surface area contributed by atoms with Gasteiger partial charge in [0.25, 0.3) is 0 Å². The van der Waals surface area contributed by atoms with E-state index in [0.29, 0.717) is 24.7 Å². The number of amides is 1. The number of nitrogens with zero attached hydrogens (tertiary/aromatic N) is 5. The fourth-order valence-electron chi connectivity index (χ4n) is 5.12. The van der Waals surface area contributed by atoms with Crippen LogP contribution in [0.2, 0.25) is 0 Å². The molecule has 0 aliphatic carbocycles. The maximum Gasteiger partial charge on any atom is 0.248 e. The van der Waals surface area contributed by atoms with E-state index in [1.54, 1.807) is 22.6 Å². The van der Waals surface area contributed by atoms with Gasteiger partial charge in [-0.25, -0.2) is 15.0 Å². The van der Waals surface area contributed by atoms with E-state index in [1.807, 2.05) is 29.8 Å². The number of piperidine rings is 1. The van der Waals surface area contributed by atoms with E-state index in [9.17, 15) is 9.90 Å². The second-order valence-electron chi connectivity index (χ2n) is 9.40. The molecule has 38 heavy (non-hydrogen) atoms. The highest BCUT2D eigenvalue weighted by atomic mass is 32.1. The van der Waals surface area contributed by atoms with Crippen LogP contribution in [0.4, 0.5) is 11.5 Å². The third kappa shape index (κ3) is 4.92. The summed E-state index contributed by atoms with van der Waals surface area (Å²) in [4.78, 5) is 27.3. The van der Waals surface area contributed by atoms with Gasteiger partial charge in [-0.1, -0.05) is 6.07 Å². The third-order valence-corrected chi connectivity index (χ3v) is 7.62. The number of likely N-dealkylation sites (tertiary alicyclic amines) is 1. The number of hydrogen-bond acceptors (Lipinski definition) is 8. The van der Waals surface area contributed by atoms with Crippen LogP contribution in [0.5, 0.6) is 5.75 Å². The summed E-state index contributed by atoms with van der Waals surface area (Å²) in [6.45, 7) is 1.25. The number of nitrogens with one attached hydrogen (secondary N) is 1. The van der Waals surface area contributed by atoms with Gasteiger partial charge in [-0.3, -0.25) is 4.79 Å². The molecule has 4 heterocycles. The Kier molecular flexibility index (Phi) is 6.89. The molecule has 0 bridgehead atoms. The Morgan fingerprint density at radius 2 is 2.11 bits per heavy atom. The Bertz CT molecular complexity index is 1560. The fourth-order valence-corrected chi connectivity index (χ4v) is 5.66. The molecule has 1 fully saturated rings. The molecule has 10 heteroatoms. The molecule has 3 aromatic heterocycles. The van der Waals surface area contributed by atoms with Crippen molar-refractivity contribution in [2.75, 3.05) is 25.1 Å². The van der Waals surface area contributed by atoms with Gasteiger partial charge in [0.2, 0.25) is 5.91 Å². The Morgan fingerprint density at radius 1 is 1.16 bits per heavy atom. The summed E-state index contributed by atoms with van der Waals surface area (Å²) in [6, 6.07) is 14.0. The van der Waals surface area contributed by atoms with Gasteiger partial charge in [-0.2, -0.15) is 0 Å². The molecule has 0 saturated carbocycles. The molecule has 1 aliphatic heterocycles. The van der Waals surface area contributed by atoms with Crippen molar-refractivity contribution < 1.29 is 14.6 Å². The molecule has 1 unspecified atom stereocenters. The number of aromatic nitrogens is 4. The number of benzene rings is 2. The van der Waals surface area contributed by atoms with E-state index in [4.69, 9.17) is 4.74 Å². The highest BCUT2D eigenvalue weighted by molar-refractivity contribution is 7.07. The zero-order valence-electron chi connectivity index (χ0n) is 20.8. The van der Waals surface area contributed by atoms with Crippen molar-refractivity contribution in [3.8, 4) is 5.75 Å². The first-order chi connectivity index (χ1) is 18.7. The number of carbonyl (C=O) groups is 1. The van der Waals surface area contributed by atoms with Gasteiger partial charge >= 0.3 is 0 Å². The van der Waals surface area contributed by atoms with E-state index >= 15 is 0 Å². The lowest BCUT2D eigenvalue weighted by atomic mass is 10.0. The lowest BCUT2D eigenvalue weighted by Crippen LogP contribution is -2.47. The summed E-state index contributed by atoms with van der Waals surface area (Å²) in [6.07, 6.45) is 6.44. The first kappa shape index (κ1) is 24.3. The van der Waals surface area contributed by atoms with Crippen LogP contribution in [0.25, 0.3) is 21.8 Å². The van der Waals surface area contributed by atoms with Crippen LogP contribution >= 0.6 is 11.3 Å². The molecule has 194 valence electrons. The summed E-state index contributed by atoms with van der Waals surface area (Å²) in [5.41, 5.74) is 5.71. The minimum absolute atomic E-state index is 0.0737. The van der Waals surface area contributed by atoms with Crippen LogP contribution in [-0.4, -0.2) is 61.2 Å². The maximum atomic E-state index is 12.2. The normalized spacial score (nSPS) is 15.7. The number of aliphatic hydroxyl groups excluding tert-OH is 1. The molecule has 6 rings (SSSR count). The summed E-state index contributed by atoms with van der Waals surface area (Å²) in [5.74, 6) is 1.06. The number of aliphatic hydroxyl groups is 1. The minimum Gasteiger partial charge on any atom is -0.491 e. The van der Waals surface area contributed by atoms with Gasteiger partial charge in [0.15, 0.2) is 0 Å².